The van der Waals surface area contributed by atoms with Crippen LogP contribution in [0.4, 0.5) is 13.2 Å². The van der Waals surface area contributed by atoms with Gasteiger partial charge in [0.2, 0.25) is 0 Å². The molecule has 5 heteroatoms. The quantitative estimate of drug-likeness (QED) is 0.828. The van der Waals surface area contributed by atoms with Gasteiger partial charge >= 0.3 is 6.18 Å². The van der Waals surface area contributed by atoms with E-state index < -0.39 is 11.7 Å². The molecule has 2 fully saturated rings. The average molecular weight is 320 g/mol. The predicted molar refractivity (Wildman–Crippen MR) is 79.8 cm³/mol. The lowest BCUT2D eigenvalue weighted by Crippen LogP contribution is -2.40. The van der Waals surface area contributed by atoms with Crippen LogP contribution in [-0.4, -0.2) is 11.6 Å². The Morgan fingerprint density at radius 2 is 1.86 bits per heavy atom. The minimum absolute atomic E-state index is 0. The molecule has 0 amide bonds. The van der Waals surface area contributed by atoms with Crippen molar-refractivity contribution in [3.8, 4) is 0 Å². The molecule has 1 aliphatic heterocycles. The average Bonchev–Trinajstić information content (AvgIpc) is 3.13. The minimum Gasteiger partial charge on any atom is -0.308 e. The fraction of sp³-hybridized carbons (Fsp3) is 0.625. The SMILES string of the molecule is CC1(C)NC(C2CC2)CC1c1cccc(C(F)(F)F)c1.Cl. The second-order valence-electron chi connectivity index (χ2n) is 6.72. The van der Waals surface area contributed by atoms with E-state index in [0.717, 1.165) is 24.0 Å². The molecule has 0 spiro atoms. The Labute approximate surface area is 129 Å². The topological polar surface area (TPSA) is 12.0 Å². The van der Waals surface area contributed by atoms with Crippen LogP contribution in [0.1, 0.15) is 50.2 Å². The van der Waals surface area contributed by atoms with Gasteiger partial charge in [0.1, 0.15) is 0 Å². The number of benzene rings is 1. The third kappa shape index (κ3) is 3.37. The van der Waals surface area contributed by atoms with Gasteiger partial charge in [-0.2, -0.15) is 13.2 Å². The summed E-state index contributed by atoms with van der Waals surface area (Å²) in [4.78, 5) is 0. The van der Waals surface area contributed by atoms with E-state index in [9.17, 15) is 13.2 Å². The van der Waals surface area contributed by atoms with E-state index in [1.165, 1.54) is 25.0 Å². The first kappa shape index (κ1) is 16.6. The van der Waals surface area contributed by atoms with Crippen molar-refractivity contribution in [3.63, 3.8) is 0 Å². The van der Waals surface area contributed by atoms with E-state index >= 15 is 0 Å². The van der Waals surface area contributed by atoms with Crippen LogP contribution in [-0.2, 0) is 6.18 Å². The van der Waals surface area contributed by atoms with Crippen LogP contribution in [0.5, 0.6) is 0 Å². The maximum absolute atomic E-state index is 12.8. The van der Waals surface area contributed by atoms with Gasteiger partial charge in [-0.15, -0.1) is 12.4 Å². The molecule has 1 N–H and O–H groups in total. The maximum Gasteiger partial charge on any atom is 0.416 e. The zero-order chi connectivity index (χ0) is 14.5. The lowest BCUT2D eigenvalue weighted by Gasteiger charge is -2.28. The van der Waals surface area contributed by atoms with Gasteiger partial charge < -0.3 is 5.32 Å². The second kappa shape index (κ2) is 5.47. The molecular weight excluding hydrogens is 299 g/mol. The van der Waals surface area contributed by atoms with Crippen molar-refractivity contribution >= 4 is 12.4 Å². The van der Waals surface area contributed by atoms with Crippen molar-refractivity contribution < 1.29 is 13.2 Å². The minimum atomic E-state index is -4.26. The first-order valence-electron chi connectivity index (χ1n) is 7.22. The lowest BCUT2D eigenvalue weighted by molar-refractivity contribution is -0.137. The van der Waals surface area contributed by atoms with Crippen molar-refractivity contribution in [2.45, 2.75) is 56.8 Å². The highest BCUT2D eigenvalue weighted by atomic mass is 35.5. The fourth-order valence-corrected chi connectivity index (χ4v) is 3.48. The summed E-state index contributed by atoms with van der Waals surface area (Å²) >= 11 is 0. The van der Waals surface area contributed by atoms with Crippen LogP contribution in [0.2, 0.25) is 0 Å². The third-order valence-corrected chi connectivity index (χ3v) is 4.73. The molecule has 2 atom stereocenters. The van der Waals surface area contributed by atoms with Gasteiger partial charge in [-0.3, -0.25) is 0 Å². The number of halogens is 4. The summed E-state index contributed by atoms with van der Waals surface area (Å²) < 4.78 is 38.5. The van der Waals surface area contributed by atoms with Gasteiger partial charge in [-0.25, -0.2) is 0 Å². The highest BCUT2D eigenvalue weighted by Gasteiger charge is 2.46. The van der Waals surface area contributed by atoms with E-state index in [4.69, 9.17) is 0 Å². The van der Waals surface area contributed by atoms with Crippen LogP contribution in [0, 0.1) is 5.92 Å². The zero-order valence-electron chi connectivity index (χ0n) is 12.2. The van der Waals surface area contributed by atoms with Gasteiger partial charge in [0.15, 0.2) is 0 Å². The summed E-state index contributed by atoms with van der Waals surface area (Å²) in [5.74, 6) is 0.875. The molecule has 1 nitrogen and oxygen atoms in total. The standard InChI is InChI=1S/C16H20F3N.ClH/c1-15(2)13(9-14(20-15)10-6-7-10)11-4-3-5-12(8-11)16(17,18)19;/h3-5,8,10,13-14,20H,6-7,9H2,1-2H3;1H. The summed E-state index contributed by atoms with van der Waals surface area (Å²) in [6.07, 6.45) is -0.812. The molecule has 21 heavy (non-hydrogen) atoms. The van der Waals surface area contributed by atoms with Gasteiger partial charge in [-0.05, 0) is 50.7 Å². The molecule has 1 aromatic rings. The molecule has 0 aromatic heterocycles. The molecule has 2 aliphatic rings. The summed E-state index contributed by atoms with van der Waals surface area (Å²) in [6, 6.07) is 6.29. The van der Waals surface area contributed by atoms with Gasteiger partial charge in [0.25, 0.3) is 0 Å². The molecular formula is C16H21ClF3N. The van der Waals surface area contributed by atoms with E-state index in [0.29, 0.717) is 6.04 Å². The Bertz CT molecular complexity index is 508. The first-order valence-corrected chi connectivity index (χ1v) is 7.22. The second-order valence-corrected chi connectivity index (χ2v) is 6.72. The van der Waals surface area contributed by atoms with Gasteiger partial charge in [0.05, 0.1) is 5.56 Å². The molecule has 0 bridgehead atoms. The normalized spacial score (nSPS) is 28.2. The summed E-state index contributed by atoms with van der Waals surface area (Å²) in [5, 5.41) is 3.62. The molecule has 1 saturated carbocycles. The van der Waals surface area contributed by atoms with E-state index in [-0.39, 0.29) is 23.9 Å². The Kier molecular flexibility index (Phi) is 4.33. The van der Waals surface area contributed by atoms with Crippen LogP contribution in [0.25, 0.3) is 0 Å². The zero-order valence-corrected chi connectivity index (χ0v) is 13.0. The molecule has 1 aliphatic carbocycles. The largest absolute Gasteiger partial charge is 0.416 e. The number of nitrogens with one attached hydrogen (secondary N) is 1. The van der Waals surface area contributed by atoms with E-state index in [1.54, 1.807) is 0 Å². The number of hydrogen-bond acceptors (Lipinski definition) is 1. The molecule has 118 valence electrons. The lowest BCUT2D eigenvalue weighted by atomic mass is 9.82. The molecule has 1 aromatic carbocycles. The summed E-state index contributed by atoms with van der Waals surface area (Å²) in [6.45, 7) is 4.20. The first-order chi connectivity index (χ1) is 9.27. The smallest absolute Gasteiger partial charge is 0.308 e. The van der Waals surface area contributed by atoms with Crippen LogP contribution < -0.4 is 5.32 Å². The van der Waals surface area contributed by atoms with Crippen molar-refractivity contribution in [2.75, 3.05) is 0 Å². The molecule has 0 radical (unpaired) electrons. The number of hydrogen-bond donors (Lipinski definition) is 1. The Balaban J connectivity index is 0.00000161. The number of alkyl halides is 3. The van der Waals surface area contributed by atoms with E-state index in [1.807, 2.05) is 6.07 Å². The van der Waals surface area contributed by atoms with E-state index in [2.05, 4.69) is 19.2 Å². The van der Waals surface area contributed by atoms with Crippen LogP contribution in [0.3, 0.4) is 0 Å². The van der Waals surface area contributed by atoms with Crippen molar-refractivity contribution in [3.05, 3.63) is 35.4 Å². The molecule has 2 unspecified atom stereocenters. The highest BCUT2D eigenvalue weighted by Crippen LogP contribution is 2.46. The fourth-order valence-electron chi connectivity index (χ4n) is 3.48. The summed E-state index contributed by atoms with van der Waals surface area (Å²) in [5.41, 5.74) is 0.124. The summed E-state index contributed by atoms with van der Waals surface area (Å²) in [7, 11) is 0. The third-order valence-electron chi connectivity index (χ3n) is 4.73. The monoisotopic (exact) mass is 319 g/mol. The van der Waals surface area contributed by atoms with Gasteiger partial charge in [0, 0.05) is 17.5 Å². The maximum atomic E-state index is 12.8. The molecule has 1 heterocycles. The molecule has 1 saturated heterocycles. The Morgan fingerprint density at radius 1 is 1.19 bits per heavy atom. The molecule has 3 rings (SSSR count). The van der Waals surface area contributed by atoms with Crippen molar-refractivity contribution in [2.24, 2.45) is 5.92 Å². The Hall–Kier alpha value is -0.740. The van der Waals surface area contributed by atoms with Crippen molar-refractivity contribution in [1.82, 2.24) is 5.32 Å². The predicted octanol–water partition coefficient (Wildman–Crippen LogP) is 4.76. The Morgan fingerprint density at radius 3 is 2.43 bits per heavy atom. The van der Waals surface area contributed by atoms with Crippen LogP contribution >= 0.6 is 12.4 Å². The van der Waals surface area contributed by atoms with Crippen LogP contribution in [0.15, 0.2) is 24.3 Å². The highest BCUT2D eigenvalue weighted by molar-refractivity contribution is 5.85. The van der Waals surface area contributed by atoms with Gasteiger partial charge in [-0.1, -0.05) is 18.2 Å². The number of rotatable bonds is 2. The van der Waals surface area contributed by atoms with Crippen molar-refractivity contribution in [1.29, 1.82) is 0 Å².